The highest BCUT2D eigenvalue weighted by atomic mass is 32.2. The van der Waals surface area contributed by atoms with Crippen LogP contribution in [-0.2, 0) is 19.6 Å². The van der Waals surface area contributed by atoms with E-state index in [4.69, 9.17) is 4.74 Å². The fourth-order valence-corrected chi connectivity index (χ4v) is 3.95. The maximum Gasteiger partial charge on any atom is 0.408 e. The zero-order valence-corrected chi connectivity index (χ0v) is 16.6. The summed E-state index contributed by atoms with van der Waals surface area (Å²) in [6.45, 7) is 8.71. The van der Waals surface area contributed by atoms with Crippen LogP contribution in [0.3, 0.4) is 0 Å². The van der Waals surface area contributed by atoms with Gasteiger partial charge in [-0.25, -0.2) is 17.9 Å². The van der Waals surface area contributed by atoms with Gasteiger partial charge >= 0.3 is 6.09 Å². The molecule has 1 fully saturated rings. The molecule has 3 N–H and O–H groups in total. The molecule has 0 bridgehead atoms. The maximum atomic E-state index is 12.8. The third-order valence-electron chi connectivity index (χ3n) is 4.10. The molecule has 0 unspecified atom stereocenters. The Bertz CT molecular complexity index is 860. The van der Waals surface area contributed by atoms with E-state index in [0.29, 0.717) is 5.69 Å². The largest absolute Gasteiger partial charge is 0.444 e. The van der Waals surface area contributed by atoms with Crippen molar-refractivity contribution in [2.24, 2.45) is 5.92 Å². The predicted molar refractivity (Wildman–Crippen MR) is 102 cm³/mol. The van der Waals surface area contributed by atoms with Crippen LogP contribution < -0.4 is 15.4 Å². The van der Waals surface area contributed by atoms with Crippen LogP contribution in [0.15, 0.2) is 41.8 Å². The van der Waals surface area contributed by atoms with Gasteiger partial charge in [-0.3, -0.25) is 4.79 Å². The molecule has 0 aliphatic heterocycles. The molecule has 1 saturated carbocycles. The van der Waals surface area contributed by atoms with E-state index in [1.807, 2.05) is 0 Å². The van der Waals surface area contributed by atoms with Crippen LogP contribution >= 0.6 is 0 Å². The van der Waals surface area contributed by atoms with Gasteiger partial charge in [-0.05, 0) is 39.3 Å². The molecule has 1 aliphatic carbocycles. The quantitative estimate of drug-likeness (QED) is 0.635. The van der Waals surface area contributed by atoms with Gasteiger partial charge in [0, 0.05) is 13.0 Å². The van der Waals surface area contributed by atoms with Crippen molar-refractivity contribution >= 4 is 27.7 Å². The SMILES string of the molecule is C=C[C@@H]1C[C@]1(NC(=O)OC(C)(C)C)C(=O)NS(=O)(=O)c1ccccc1NC. The fourth-order valence-electron chi connectivity index (χ4n) is 2.70. The molecule has 1 aromatic rings. The lowest BCUT2D eigenvalue weighted by Gasteiger charge is -2.23. The van der Waals surface area contributed by atoms with Crippen molar-refractivity contribution in [3.05, 3.63) is 36.9 Å². The average Bonchev–Trinajstić information content (AvgIpc) is 3.26. The zero-order chi connectivity index (χ0) is 20.5. The fraction of sp³-hybridized carbons (Fsp3) is 0.444. The number of carbonyl (C=O) groups is 2. The van der Waals surface area contributed by atoms with Gasteiger partial charge in [0.25, 0.3) is 15.9 Å². The number of nitrogens with one attached hydrogen (secondary N) is 3. The summed E-state index contributed by atoms with van der Waals surface area (Å²) in [4.78, 5) is 24.8. The summed E-state index contributed by atoms with van der Waals surface area (Å²) in [5.41, 5.74) is -1.80. The van der Waals surface area contributed by atoms with E-state index in [-0.39, 0.29) is 17.2 Å². The van der Waals surface area contributed by atoms with Gasteiger partial charge in [-0.2, -0.15) is 0 Å². The third kappa shape index (κ3) is 4.60. The summed E-state index contributed by atoms with van der Waals surface area (Å²) in [5.74, 6) is -1.22. The standard InChI is InChI=1S/C18H25N3O5S/c1-6-12-11-18(12,20-16(23)26-17(2,3)4)15(22)21-27(24,25)14-10-8-7-9-13(14)19-5/h6-10,12,19H,1,11H2,2-5H3,(H,20,23)(H,21,22)/t12-,18-/m1/s1. The molecule has 0 spiro atoms. The highest BCUT2D eigenvalue weighted by molar-refractivity contribution is 7.90. The van der Waals surface area contributed by atoms with E-state index in [2.05, 4.69) is 21.9 Å². The molecule has 148 valence electrons. The van der Waals surface area contributed by atoms with Crippen LogP contribution in [0.1, 0.15) is 27.2 Å². The van der Waals surface area contributed by atoms with E-state index in [9.17, 15) is 18.0 Å². The van der Waals surface area contributed by atoms with E-state index in [1.54, 1.807) is 46.0 Å². The summed E-state index contributed by atoms with van der Waals surface area (Å²) >= 11 is 0. The lowest BCUT2D eigenvalue weighted by molar-refractivity contribution is -0.122. The number of hydrogen-bond donors (Lipinski definition) is 3. The molecular formula is C18H25N3O5S. The number of ether oxygens (including phenoxy) is 1. The second-order valence-corrected chi connectivity index (χ2v) is 8.98. The number of anilines is 1. The molecule has 2 amide bonds. The number of sulfonamides is 1. The van der Waals surface area contributed by atoms with Crippen LogP contribution in [0, 0.1) is 5.92 Å². The summed E-state index contributed by atoms with van der Waals surface area (Å²) in [6, 6.07) is 6.19. The van der Waals surface area contributed by atoms with Crippen LogP contribution in [0.2, 0.25) is 0 Å². The van der Waals surface area contributed by atoms with Crippen molar-refractivity contribution in [2.45, 2.75) is 43.2 Å². The molecule has 2 atom stereocenters. The monoisotopic (exact) mass is 395 g/mol. The van der Waals surface area contributed by atoms with Crippen molar-refractivity contribution in [3.63, 3.8) is 0 Å². The first-order chi connectivity index (χ1) is 12.4. The number of para-hydroxylation sites is 1. The molecule has 0 radical (unpaired) electrons. The maximum absolute atomic E-state index is 12.8. The van der Waals surface area contributed by atoms with Crippen molar-refractivity contribution in [1.82, 2.24) is 10.0 Å². The molecule has 1 aliphatic rings. The number of amides is 2. The summed E-state index contributed by atoms with van der Waals surface area (Å²) in [7, 11) is -2.56. The molecule has 0 heterocycles. The molecule has 9 heteroatoms. The molecule has 0 saturated heterocycles. The minimum absolute atomic E-state index is 0.0657. The number of carbonyl (C=O) groups excluding carboxylic acids is 2. The van der Waals surface area contributed by atoms with Crippen LogP contribution in [0.4, 0.5) is 10.5 Å². The first-order valence-electron chi connectivity index (χ1n) is 8.43. The summed E-state index contributed by atoms with van der Waals surface area (Å²) < 4.78 is 32.6. The minimum atomic E-state index is -4.14. The Morgan fingerprint density at radius 2 is 1.93 bits per heavy atom. The molecule has 27 heavy (non-hydrogen) atoms. The minimum Gasteiger partial charge on any atom is -0.444 e. The third-order valence-corrected chi connectivity index (χ3v) is 5.49. The van der Waals surface area contributed by atoms with Gasteiger partial charge in [0.2, 0.25) is 0 Å². The number of alkyl carbamates (subject to hydrolysis) is 1. The number of hydrogen-bond acceptors (Lipinski definition) is 6. The van der Waals surface area contributed by atoms with Crippen LogP contribution in [0.5, 0.6) is 0 Å². The lowest BCUT2D eigenvalue weighted by atomic mass is 10.2. The van der Waals surface area contributed by atoms with Gasteiger partial charge in [0.1, 0.15) is 16.0 Å². The Balaban J connectivity index is 2.23. The van der Waals surface area contributed by atoms with E-state index >= 15 is 0 Å². The summed E-state index contributed by atoms with van der Waals surface area (Å²) in [5, 5.41) is 5.27. The number of rotatable bonds is 6. The molecule has 0 aromatic heterocycles. The second kappa shape index (κ2) is 7.22. The molecule has 1 aromatic carbocycles. The van der Waals surface area contributed by atoms with E-state index < -0.39 is 33.2 Å². The van der Waals surface area contributed by atoms with Crippen LogP contribution in [-0.4, -0.2) is 38.6 Å². The molecule has 2 rings (SSSR count). The van der Waals surface area contributed by atoms with E-state index in [0.717, 1.165) is 0 Å². The topological polar surface area (TPSA) is 114 Å². The molecular weight excluding hydrogens is 370 g/mol. The van der Waals surface area contributed by atoms with Gasteiger partial charge in [0.15, 0.2) is 0 Å². The van der Waals surface area contributed by atoms with Crippen molar-refractivity contribution in [1.29, 1.82) is 0 Å². The number of benzene rings is 1. The molecule has 8 nitrogen and oxygen atoms in total. The zero-order valence-electron chi connectivity index (χ0n) is 15.8. The first-order valence-corrected chi connectivity index (χ1v) is 9.91. The predicted octanol–water partition coefficient (Wildman–Crippen LogP) is 2.00. The Labute approximate surface area is 159 Å². The first kappa shape index (κ1) is 20.8. The highest BCUT2D eigenvalue weighted by Crippen LogP contribution is 2.45. The summed E-state index contributed by atoms with van der Waals surface area (Å²) in [6.07, 6.45) is 0.950. The van der Waals surface area contributed by atoms with Crippen LogP contribution in [0.25, 0.3) is 0 Å². The van der Waals surface area contributed by atoms with Crippen molar-refractivity contribution in [3.8, 4) is 0 Å². The normalized spacial score (nSPS) is 21.7. The van der Waals surface area contributed by atoms with Crippen molar-refractivity contribution < 1.29 is 22.7 Å². The Morgan fingerprint density at radius 3 is 2.44 bits per heavy atom. The van der Waals surface area contributed by atoms with Gasteiger partial charge in [-0.15, -0.1) is 6.58 Å². The Hall–Kier alpha value is -2.55. The van der Waals surface area contributed by atoms with Gasteiger partial charge in [0.05, 0.1) is 5.69 Å². The van der Waals surface area contributed by atoms with Gasteiger partial charge in [-0.1, -0.05) is 18.2 Å². The van der Waals surface area contributed by atoms with Crippen molar-refractivity contribution in [2.75, 3.05) is 12.4 Å². The highest BCUT2D eigenvalue weighted by Gasteiger charge is 2.61. The Kier molecular flexibility index (Phi) is 5.55. The lowest BCUT2D eigenvalue weighted by Crippen LogP contribution is -2.52. The average molecular weight is 395 g/mol. The second-order valence-electron chi connectivity index (χ2n) is 7.33. The smallest absolute Gasteiger partial charge is 0.408 e. The Morgan fingerprint density at radius 1 is 1.30 bits per heavy atom. The van der Waals surface area contributed by atoms with Gasteiger partial charge < -0.3 is 15.4 Å². The van der Waals surface area contributed by atoms with E-state index in [1.165, 1.54) is 12.1 Å².